The minimum Gasteiger partial charge on any atom is -0.497 e. The number of rotatable bonds is 6. The summed E-state index contributed by atoms with van der Waals surface area (Å²) in [6, 6.07) is 13.9. The Balaban J connectivity index is 1.72. The zero-order chi connectivity index (χ0) is 21.3. The summed E-state index contributed by atoms with van der Waals surface area (Å²) >= 11 is 0. The number of hydrogen-bond acceptors (Lipinski definition) is 5. The SMILES string of the molecule is COC(=O)[C@@]1(Cc2ccccc2F)C(=O)C[C@@H]2CC[C@H]1N2Cc1cccc(OC)c1. The molecule has 0 N–H and O–H groups in total. The molecule has 4 rings (SSSR count). The molecule has 6 heteroatoms. The number of nitrogens with zero attached hydrogens (tertiary/aromatic N) is 1. The van der Waals surface area contributed by atoms with Crippen LogP contribution in [0.25, 0.3) is 0 Å². The van der Waals surface area contributed by atoms with Crippen molar-refractivity contribution in [3.8, 4) is 5.75 Å². The average molecular weight is 411 g/mol. The quantitative estimate of drug-likeness (QED) is 0.538. The second-order valence-electron chi connectivity index (χ2n) is 8.13. The van der Waals surface area contributed by atoms with E-state index < -0.39 is 17.2 Å². The summed E-state index contributed by atoms with van der Waals surface area (Å²) in [5.74, 6) is -0.365. The number of halogens is 1. The third kappa shape index (κ3) is 3.39. The molecule has 0 aromatic heterocycles. The zero-order valence-electron chi connectivity index (χ0n) is 17.3. The number of ketones is 1. The number of carbonyl (C=O) groups is 2. The number of piperidine rings is 1. The first-order valence-electron chi connectivity index (χ1n) is 10.2. The molecule has 2 heterocycles. The van der Waals surface area contributed by atoms with Crippen LogP contribution in [0.3, 0.4) is 0 Å². The summed E-state index contributed by atoms with van der Waals surface area (Å²) in [6.45, 7) is 0.593. The van der Waals surface area contributed by atoms with Gasteiger partial charge >= 0.3 is 5.97 Å². The highest BCUT2D eigenvalue weighted by atomic mass is 19.1. The summed E-state index contributed by atoms with van der Waals surface area (Å²) in [5.41, 5.74) is 0.0104. The molecule has 3 atom stereocenters. The summed E-state index contributed by atoms with van der Waals surface area (Å²) in [4.78, 5) is 28.6. The molecule has 0 amide bonds. The minimum absolute atomic E-state index is 0.0111. The molecule has 0 saturated carbocycles. The molecule has 0 radical (unpaired) electrons. The van der Waals surface area contributed by atoms with Gasteiger partial charge in [0.15, 0.2) is 5.78 Å². The van der Waals surface area contributed by atoms with Gasteiger partial charge in [-0.1, -0.05) is 30.3 Å². The highest BCUT2D eigenvalue weighted by molar-refractivity contribution is 6.06. The number of methoxy groups -OCH3 is 2. The Morgan fingerprint density at radius 2 is 1.97 bits per heavy atom. The number of benzene rings is 2. The molecule has 2 aromatic rings. The molecular formula is C24H26FNO4. The van der Waals surface area contributed by atoms with Crippen molar-refractivity contribution in [2.75, 3.05) is 14.2 Å². The molecule has 0 aliphatic carbocycles. The lowest BCUT2D eigenvalue weighted by Crippen LogP contribution is -2.61. The van der Waals surface area contributed by atoms with Crippen LogP contribution < -0.4 is 4.74 Å². The van der Waals surface area contributed by atoms with E-state index in [4.69, 9.17) is 9.47 Å². The van der Waals surface area contributed by atoms with Gasteiger partial charge in [0, 0.05) is 25.0 Å². The first-order valence-corrected chi connectivity index (χ1v) is 10.2. The largest absolute Gasteiger partial charge is 0.497 e. The molecule has 0 spiro atoms. The van der Waals surface area contributed by atoms with E-state index in [1.54, 1.807) is 25.3 Å². The fraction of sp³-hybridized carbons (Fsp3) is 0.417. The number of ether oxygens (including phenoxy) is 2. The topological polar surface area (TPSA) is 55.8 Å². The van der Waals surface area contributed by atoms with Crippen LogP contribution in [-0.4, -0.2) is 43.0 Å². The number of Topliss-reactive ketones (excluding diaryl/α,β-unsaturated/α-hetero) is 1. The molecule has 158 valence electrons. The normalized spacial score (nSPS) is 25.9. The van der Waals surface area contributed by atoms with Crippen LogP contribution in [0.15, 0.2) is 48.5 Å². The van der Waals surface area contributed by atoms with E-state index >= 15 is 0 Å². The summed E-state index contributed by atoms with van der Waals surface area (Å²) < 4.78 is 25.0. The standard InChI is InChI=1S/C24H26FNO4/c1-29-19-8-5-6-16(12-19)15-26-18-10-11-21(26)24(22(27)13-18,23(28)30-2)14-17-7-3-4-9-20(17)25/h3-9,12,18,21H,10-11,13-15H2,1-2H3/t18-,21+,24+/m0/s1. The summed E-state index contributed by atoms with van der Waals surface area (Å²) in [6.07, 6.45) is 1.81. The lowest BCUT2D eigenvalue weighted by Gasteiger charge is -2.45. The lowest BCUT2D eigenvalue weighted by molar-refractivity contribution is -0.167. The van der Waals surface area contributed by atoms with E-state index in [2.05, 4.69) is 4.90 Å². The van der Waals surface area contributed by atoms with E-state index in [1.807, 2.05) is 24.3 Å². The Hall–Kier alpha value is -2.73. The third-order valence-electron chi connectivity index (χ3n) is 6.61. The van der Waals surface area contributed by atoms with E-state index in [9.17, 15) is 14.0 Å². The Bertz CT molecular complexity index is 962. The average Bonchev–Trinajstić information content (AvgIpc) is 3.07. The van der Waals surface area contributed by atoms with E-state index in [-0.39, 0.29) is 30.7 Å². The molecule has 2 bridgehead atoms. The Morgan fingerprint density at radius 3 is 2.70 bits per heavy atom. The molecule has 2 saturated heterocycles. The van der Waals surface area contributed by atoms with Crippen LogP contribution in [0.4, 0.5) is 4.39 Å². The van der Waals surface area contributed by atoms with Gasteiger partial charge in [-0.3, -0.25) is 14.5 Å². The van der Waals surface area contributed by atoms with Crippen molar-refractivity contribution < 1.29 is 23.5 Å². The molecule has 30 heavy (non-hydrogen) atoms. The number of fused-ring (bicyclic) bond motifs is 2. The fourth-order valence-electron chi connectivity index (χ4n) is 5.15. The lowest BCUT2D eigenvalue weighted by atomic mass is 9.68. The summed E-state index contributed by atoms with van der Waals surface area (Å²) in [7, 11) is 2.92. The van der Waals surface area contributed by atoms with Crippen LogP contribution >= 0.6 is 0 Å². The Morgan fingerprint density at radius 1 is 1.17 bits per heavy atom. The van der Waals surface area contributed by atoms with Gasteiger partial charge in [-0.05, 0) is 48.6 Å². The van der Waals surface area contributed by atoms with Crippen molar-refractivity contribution in [1.82, 2.24) is 4.90 Å². The first-order chi connectivity index (χ1) is 14.5. The molecule has 2 aliphatic rings. The monoisotopic (exact) mass is 411 g/mol. The highest BCUT2D eigenvalue weighted by Gasteiger charge is 2.61. The molecule has 0 unspecified atom stereocenters. The second kappa shape index (κ2) is 8.19. The second-order valence-corrected chi connectivity index (χ2v) is 8.13. The third-order valence-corrected chi connectivity index (χ3v) is 6.61. The number of esters is 1. The van der Waals surface area contributed by atoms with Gasteiger partial charge in [-0.25, -0.2) is 4.39 Å². The van der Waals surface area contributed by atoms with Gasteiger partial charge in [0.1, 0.15) is 17.0 Å². The zero-order valence-corrected chi connectivity index (χ0v) is 17.3. The predicted octanol–water partition coefficient (Wildman–Crippen LogP) is 3.54. The predicted molar refractivity (Wildman–Crippen MR) is 110 cm³/mol. The van der Waals surface area contributed by atoms with Crippen LogP contribution in [0, 0.1) is 11.2 Å². The highest BCUT2D eigenvalue weighted by Crippen LogP contribution is 2.48. The van der Waals surface area contributed by atoms with Gasteiger partial charge in [0.05, 0.1) is 14.2 Å². The first kappa shape index (κ1) is 20.5. The number of hydrogen-bond donors (Lipinski definition) is 0. The smallest absolute Gasteiger partial charge is 0.321 e. The van der Waals surface area contributed by atoms with Crippen molar-refractivity contribution in [3.63, 3.8) is 0 Å². The van der Waals surface area contributed by atoms with Crippen LogP contribution in [0.1, 0.15) is 30.4 Å². The maximum absolute atomic E-state index is 14.5. The molecule has 2 aliphatic heterocycles. The molecule has 2 aromatic carbocycles. The maximum Gasteiger partial charge on any atom is 0.321 e. The fourth-order valence-corrected chi connectivity index (χ4v) is 5.15. The van der Waals surface area contributed by atoms with Crippen molar-refractivity contribution in [2.45, 2.75) is 44.3 Å². The number of carbonyl (C=O) groups excluding carboxylic acids is 2. The van der Waals surface area contributed by atoms with Gasteiger partial charge in [0.25, 0.3) is 0 Å². The van der Waals surface area contributed by atoms with Crippen molar-refractivity contribution in [1.29, 1.82) is 0 Å². The molecular weight excluding hydrogens is 385 g/mol. The maximum atomic E-state index is 14.5. The van der Waals surface area contributed by atoms with E-state index in [0.717, 1.165) is 17.7 Å². The van der Waals surface area contributed by atoms with Gasteiger partial charge in [-0.2, -0.15) is 0 Å². The molecule has 5 nitrogen and oxygen atoms in total. The van der Waals surface area contributed by atoms with Crippen LogP contribution in [0.5, 0.6) is 5.75 Å². The minimum atomic E-state index is -1.40. The van der Waals surface area contributed by atoms with E-state index in [0.29, 0.717) is 18.5 Å². The van der Waals surface area contributed by atoms with Gasteiger partial charge in [-0.15, -0.1) is 0 Å². The van der Waals surface area contributed by atoms with Gasteiger partial charge in [0.2, 0.25) is 0 Å². The Kier molecular flexibility index (Phi) is 5.60. The summed E-state index contributed by atoms with van der Waals surface area (Å²) in [5, 5.41) is 0. The molecule has 2 fully saturated rings. The van der Waals surface area contributed by atoms with Crippen LogP contribution in [-0.2, 0) is 27.3 Å². The van der Waals surface area contributed by atoms with Crippen molar-refractivity contribution in [3.05, 3.63) is 65.5 Å². The van der Waals surface area contributed by atoms with Crippen molar-refractivity contribution in [2.24, 2.45) is 5.41 Å². The van der Waals surface area contributed by atoms with Gasteiger partial charge < -0.3 is 9.47 Å². The van der Waals surface area contributed by atoms with Crippen molar-refractivity contribution >= 4 is 11.8 Å². The Labute approximate surface area is 175 Å². The van der Waals surface area contributed by atoms with Crippen LogP contribution in [0.2, 0.25) is 0 Å². The van der Waals surface area contributed by atoms with E-state index in [1.165, 1.54) is 13.2 Å².